The molecule has 1 aliphatic rings. The molecule has 0 aromatic carbocycles. The van der Waals surface area contributed by atoms with Crippen LogP contribution in [0.2, 0.25) is 0 Å². The minimum atomic E-state index is -0.179. The highest BCUT2D eigenvalue weighted by molar-refractivity contribution is 7.19. The lowest BCUT2D eigenvalue weighted by molar-refractivity contribution is 0.0743. The van der Waals surface area contributed by atoms with E-state index in [4.69, 9.17) is 0 Å². The second-order valence-corrected chi connectivity index (χ2v) is 7.16. The van der Waals surface area contributed by atoms with Crippen LogP contribution in [0.4, 0.5) is 0 Å². The number of likely N-dealkylation sites (tertiary alicyclic amines) is 1. The van der Waals surface area contributed by atoms with Gasteiger partial charge in [-0.15, -0.1) is 0 Å². The Morgan fingerprint density at radius 2 is 2.11 bits per heavy atom. The molecule has 27 heavy (non-hydrogen) atoms. The molecule has 4 heterocycles. The summed E-state index contributed by atoms with van der Waals surface area (Å²) >= 11 is 1.33. The molecule has 1 saturated heterocycles. The molecule has 1 aliphatic heterocycles. The summed E-state index contributed by atoms with van der Waals surface area (Å²) in [5.41, 5.74) is 2.45. The Hall–Kier alpha value is -3.07. The number of amides is 2. The van der Waals surface area contributed by atoms with E-state index in [1.165, 1.54) is 16.9 Å². The first-order chi connectivity index (χ1) is 13.2. The lowest BCUT2D eigenvalue weighted by Gasteiger charge is -2.27. The van der Waals surface area contributed by atoms with E-state index in [1.807, 2.05) is 23.1 Å². The van der Waals surface area contributed by atoms with Crippen LogP contribution in [0.5, 0.6) is 0 Å². The number of nitrogens with one attached hydrogen (secondary N) is 2. The first kappa shape index (κ1) is 17.3. The van der Waals surface area contributed by atoms with Crippen LogP contribution in [-0.2, 0) is 0 Å². The summed E-state index contributed by atoms with van der Waals surface area (Å²) in [5, 5.41) is 9.70. The van der Waals surface area contributed by atoms with E-state index in [-0.39, 0.29) is 11.8 Å². The second-order valence-electron chi connectivity index (χ2n) is 6.18. The lowest BCUT2D eigenvalue weighted by atomic mass is 10.0. The van der Waals surface area contributed by atoms with Gasteiger partial charge in [0.2, 0.25) is 0 Å². The van der Waals surface area contributed by atoms with Gasteiger partial charge in [-0.3, -0.25) is 14.7 Å². The summed E-state index contributed by atoms with van der Waals surface area (Å²) in [7, 11) is 0. The van der Waals surface area contributed by atoms with E-state index in [0.717, 1.165) is 23.2 Å². The van der Waals surface area contributed by atoms with Crippen LogP contribution in [0.15, 0.2) is 42.2 Å². The third-order valence-corrected chi connectivity index (χ3v) is 5.41. The van der Waals surface area contributed by atoms with Gasteiger partial charge in [-0.05, 0) is 31.0 Å². The van der Waals surface area contributed by atoms with Gasteiger partial charge in [-0.2, -0.15) is 5.10 Å². The number of aromatic amines is 1. The number of pyridine rings is 1. The summed E-state index contributed by atoms with van der Waals surface area (Å²) in [4.78, 5) is 35.8. The minimum absolute atomic E-state index is 0.0374. The number of H-pyrrole nitrogens is 1. The van der Waals surface area contributed by atoms with Crippen LogP contribution in [0.25, 0.3) is 10.3 Å². The highest BCUT2D eigenvalue weighted by Crippen LogP contribution is 2.23. The fourth-order valence-electron chi connectivity index (χ4n) is 2.96. The molecule has 0 atom stereocenters. The molecule has 0 saturated carbocycles. The molecule has 138 valence electrons. The smallest absolute Gasteiger partial charge is 0.282 e. The number of piperidine rings is 1. The van der Waals surface area contributed by atoms with E-state index in [2.05, 4.69) is 25.5 Å². The Morgan fingerprint density at radius 3 is 2.85 bits per heavy atom. The zero-order valence-corrected chi connectivity index (χ0v) is 15.3. The highest BCUT2D eigenvalue weighted by Gasteiger charge is 2.23. The maximum Gasteiger partial charge on any atom is 0.282 e. The predicted molar refractivity (Wildman–Crippen MR) is 102 cm³/mol. The monoisotopic (exact) mass is 382 g/mol. The average Bonchev–Trinajstić information content (AvgIpc) is 3.37. The van der Waals surface area contributed by atoms with Gasteiger partial charge in [0.1, 0.15) is 16.0 Å². The van der Waals surface area contributed by atoms with Crippen molar-refractivity contribution in [3.8, 4) is 0 Å². The van der Waals surface area contributed by atoms with Gasteiger partial charge in [-0.25, -0.2) is 9.97 Å². The Kier molecular flexibility index (Phi) is 4.93. The molecular formula is C18H18N6O2S. The van der Waals surface area contributed by atoms with Crippen molar-refractivity contribution >= 4 is 33.5 Å². The van der Waals surface area contributed by atoms with Gasteiger partial charge in [0, 0.05) is 32.0 Å². The maximum absolute atomic E-state index is 12.7. The van der Waals surface area contributed by atoms with E-state index in [0.29, 0.717) is 30.3 Å². The van der Waals surface area contributed by atoms with Gasteiger partial charge in [-0.1, -0.05) is 23.0 Å². The fourth-order valence-corrected chi connectivity index (χ4v) is 3.84. The molecule has 8 nitrogen and oxygen atoms in total. The Bertz CT molecular complexity index is 951. The van der Waals surface area contributed by atoms with E-state index in [9.17, 15) is 9.59 Å². The predicted octanol–water partition coefficient (Wildman–Crippen LogP) is 2.01. The molecule has 0 aliphatic carbocycles. The molecular weight excluding hydrogens is 364 g/mol. The van der Waals surface area contributed by atoms with E-state index in [1.54, 1.807) is 18.5 Å². The van der Waals surface area contributed by atoms with Crippen molar-refractivity contribution in [3.63, 3.8) is 0 Å². The minimum Gasteiger partial charge on any atom is -0.347 e. The molecule has 0 radical (unpaired) electrons. The first-order valence-electron chi connectivity index (χ1n) is 8.67. The van der Waals surface area contributed by atoms with Crippen LogP contribution < -0.4 is 5.32 Å². The first-order valence-corrected chi connectivity index (χ1v) is 9.48. The molecule has 4 rings (SSSR count). The van der Waals surface area contributed by atoms with Crippen molar-refractivity contribution in [2.24, 2.45) is 0 Å². The number of aromatic nitrogens is 4. The Morgan fingerprint density at radius 1 is 1.26 bits per heavy atom. The topological polar surface area (TPSA) is 104 Å². The largest absolute Gasteiger partial charge is 0.347 e. The molecule has 0 unspecified atom stereocenters. The number of thiazole rings is 1. The van der Waals surface area contributed by atoms with Crippen molar-refractivity contribution in [2.45, 2.75) is 12.8 Å². The zero-order valence-electron chi connectivity index (χ0n) is 14.5. The third kappa shape index (κ3) is 3.87. The van der Waals surface area contributed by atoms with Crippen LogP contribution in [0.3, 0.4) is 0 Å². The summed E-state index contributed by atoms with van der Waals surface area (Å²) in [6.07, 6.45) is 6.88. The number of hydrogen-bond acceptors (Lipinski definition) is 6. The molecule has 2 amide bonds. The van der Waals surface area contributed by atoms with Crippen molar-refractivity contribution in [1.82, 2.24) is 30.4 Å². The molecule has 3 aromatic rings. The number of hydrogen-bond donors (Lipinski definition) is 2. The van der Waals surface area contributed by atoms with Gasteiger partial charge >= 0.3 is 0 Å². The zero-order chi connectivity index (χ0) is 18.6. The number of carbonyl (C=O) groups excluding carboxylic acids is 2. The normalized spacial score (nSPS) is 14.4. The highest BCUT2D eigenvalue weighted by atomic mass is 32.1. The van der Waals surface area contributed by atoms with Gasteiger partial charge in [0.05, 0.1) is 0 Å². The maximum atomic E-state index is 12.7. The summed E-state index contributed by atoms with van der Waals surface area (Å²) in [6, 6.07) is 5.31. The van der Waals surface area contributed by atoms with Crippen LogP contribution in [-0.4, -0.2) is 56.5 Å². The van der Waals surface area contributed by atoms with E-state index < -0.39 is 0 Å². The lowest BCUT2D eigenvalue weighted by Crippen LogP contribution is -2.36. The van der Waals surface area contributed by atoms with Crippen molar-refractivity contribution < 1.29 is 9.59 Å². The van der Waals surface area contributed by atoms with Crippen molar-refractivity contribution in [1.29, 1.82) is 0 Å². The van der Waals surface area contributed by atoms with Gasteiger partial charge < -0.3 is 10.2 Å². The molecule has 3 aromatic heterocycles. The third-order valence-electron chi connectivity index (χ3n) is 4.44. The summed E-state index contributed by atoms with van der Waals surface area (Å²) in [5.74, 6) is -0.217. The number of carbonyl (C=O) groups is 2. The van der Waals surface area contributed by atoms with Crippen molar-refractivity contribution in [3.05, 3.63) is 52.9 Å². The SMILES string of the molecule is O=C(NCC=C1CCN(C(=O)c2nc3cccnc3s2)CC1)c1ccn[nH]1. The molecule has 2 N–H and O–H groups in total. The molecule has 0 bridgehead atoms. The number of fused-ring (bicyclic) bond motifs is 1. The molecule has 0 spiro atoms. The van der Waals surface area contributed by atoms with Gasteiger partial charge in [0.15, 0.2) is 5.01 Å². The summed E-state index contributed by atoms with van der Waals surface area (Å²) < 4.78 is 0. The Labute approximate surface area is 159 Å². The van der Waals surface area contributed by atoms with Crippen LogP contribution in [0.1, 0.15) is 33.1 Å². The quantitative estimate of drug-likeness (QED) is 0.672. The molecule has 9 heteroatoms. The molecule has 1 fully saturated rings. The summed E-state index contributed by atoms with van der Waals surface area (Å²) in [6.45, 7) is 1.77. The van der Waals surface area contributed by atoms with Crippen LogP contribution in [0, 0.1) is 0 Å². The van der Waals surface area contributed by atoms with Crippen molar-refractivity contribution in [2.75, 3.05) is 19.6 Å². The average molecular weight is 382 g/mol. The van der Waals surface area contributed by atoms with E-state index >= 15 is 0 Å². The van der Waals surface area contributed by atoms with Gasteiger partial charge in [0.25, 0.3) is 11.8 Å². The van der Waals surface area contributed by atoms with Crippen LogP contribution >= 0.6 is 11.3 Å². The number of nitrogens with zero attached hydrogens (tertiary/aromatic N) is 4. The second kappa shape index (κ2) is 7.67. The fraction of sp³-hybridized carbons (Fsp3) is 0.278. The Balaban J connectivity index is 1.30. The standard InChI is InChI=1S/C18H18N6O2S/c25-15(13-4-9-21-23-13)19-8-3-12-5-10-24(11-6-12)18(26)17-22-14-2-1-7-20-16(14)27-17/h1-4,7,9H,5-6,8,10-11H2,(H,19,25)(H,21,23). The number of rotatable bonds is 4.